The van der Waals surface area contributed by atoms with Crippen molar-refractivity contribution in [1.82, 2.24) is 9.88 Å². The van der Waals surface area contributed by atoms with Gasteiger partial charge in [0.1, 0.15) is 23.8 Å². The smallest absolute Gasteiger partial charge is 0.276 e. The molecule has 6 N–H and O–H groups in total. The lowest BCUT2D eigenvalue weighted by Gasteiger charge is -2.12. The van der Waals surface area contributed by atoms with Gasteiger partial charge in [0.25, 0.3) is 5.91 Å². The van der Waals surface area contributed by atoms with Gasteiger partial charge in [-0.3, -0.25) is 15.1 Å². The number of nitrogens with one attached hydrogen (secondary N) is 2. The van der Waals surface area contributed by atoms with E-state index in [1.54, 1.807) is 18.2 Å². The van der Waals surface area contributed by atoms with E-state index in [0.29, 0.717) is 35.9 Å². The summed E-state index contributed by atoms with van der Waals surface area (Å²) in [6, 6.07) is 5.15. The number of aromatic amines is 1. The first-order valence-corrected chi connectivity index (χ1v) is 6.63. The Morgan fingerprint density at radius 2 is 2.14 bits per heavy atom. The average molecular weight is 305 g/mol. The number of benzene rings is 1. The van der Waals surface area contributed by atoms with Gasteiger partial charge < -0.3 is 25.9 Å². The predicted octanol–water partition coefficient (Wildman–Crippen LogP) is 0.479. The molecule has 2 rings (SSSR count). The summed E-state index contributed by atoms with van der Waals surface area (Å²) in [6.45, 7) is 0.784. The van der Waals surface area contributed by atoms with Crippen molar-refractivity contribution >= 4 is 22.8 Å². The van der Waals surface area contributed by atoms with Gasteiger partial charge in [-0.1, -0.05) is 0 Å². The number of rotatable bonds is 5. The van der Waals surface area contributed by atoms with E-state index >= 15 is 0 Å². The minimum Gasteiger partial charge on any atom is -0.496 e. The van der Waals surface area contributed by atoms with Crippen LogP contribution < -0.4 is 20.9 Å². The fourth-order valence-corrected chi connectivity index (χ4v) is 2.01. The molecule has 0 aliphatic heterocycles. The zero-order valence-corrected chi connectivity index (χ0v) is 12.5. The fourth-order valence-electron chi connectivity index (χ4n) is 2.01. The number of hydrogen-bond acceptors (Lipinski definition) is 5. The number of amides is 1. The van der Waals surface area contributed by atoms with Gasteiger partial charge in [-0.15, -0.1) is 0 Å². The largest absolute Gasteiger partial charge is 0.496 e. The summed E-state index contributed by atoms with van der Waals surface area (Å²) < 4.78 is 10.8. The molecule has 0 aliphatic carbocycles. The van der Waals surface area contributed by atoms with Crippen molar-refractivity contribution in [2.75, 3.05) is 27.3 Å². The zero-order valence-electron chi connectivity index (χ0n) is 12.5. The third-order valence-corrected chi connectivity index (χ3v) is 3.18. The minimum atomic E-state index is -0.407. The lowest BCUT2D eigenvalue weighted by Crippen LogP contribution is -2.38. The van der Waals surface area contributed by atoms with Crippen LogP contribution in [0.5, 0.6) is 11.5 Å². The molecule has 1 heterocycles. The molecule has 0 fully saturated rings. The van der Waals surface area contributed by atoms with Crippen LogP contribution in [0.15, 0.2) is 18.2 Å². The highest BCUT2D eigenvalue weighted by Crippen LogP contribution is 2.31. The molecular weight excluding hydrogens is 286 g/mol. The molecule has 8 heteroatoms. The Labute approximate surface area is 127 Å². The maximum atomic E-state index is 12.2. The summed E-state index contributed by atoms with van der Waals surface area (Å²) in [4.78, 5) is 16.2. The van der Waals surface area contributed by atoms with Crippen LogP contribution >= 0.6 is 0 Å². The maximum Gasteiger partial charge on any atom is 0.276 e. The van der Waals surface area contributed by atoms with Gasteiger partial charge >= 0.3 is 0 Å². The second-order valence-corrected chi connectivity index (χ2v) is 4.66. The van der Waals surface area contributed by atoms with E-state index in [1.807, 2.05) is 0 Å². The molecule has 0 unspecified atom stereocenters. The molecule has 1 amide bonds. The van der Waals surface area contributed by atoms with Gasteiger partial charge in [0.15, 0.2) is 5.96 Å². The van der Waals surface area contributed by atoms with Gasteiger partial charge in [-0.25, -0.2) is 0 Å². The molecule has 1 aromatic heterocycles. The second-order valence-electron chi connectivity index (χ2n) is 4.66. The summed E-state index contributed by atoms with van der Waals surface area (Å²) in [5, 5.41) is 8.05. The monoisotopic (exact) mass is 305 g/mol. The SMILES string of the molecule is COc1cc(OCCN)cc2[nH]c(C(=O)N(C)C(=N)N)cc12. The number of methoxy groups -OCH3 is 1. The van der Waals surface area contributed by atoms with Gasteiger partial charge in [-0.05, 0) is 6.07 Å². The fraction of sp³-hybridized carbons (Fsp3) is 0.286. The van der Waals surface area contributed by atoms with E-state index < -0.39 is 5.91 Å². The molecule has 0 atom stereocenters. The van der Waals surface area contributed by atoms with Crippen molar-refractivity contribution in [2.24, 2.45) is 11.5 Å². The second kappa shape index (κ2) is 6.35. The molecule has 0 radical (unpaired) electrons. The first-order chi connectivity index (χ1) is 10.5. The number of nitrogens with two attached hydrogens (primary N) is 2. The molecule has 8 nitrogen and oxygen atoms in total. The van der Waals surface area contributed by atoms with Crippen molar-refractivity contribution in [3.05, 3.63) is 23.9 Å². The Morgan fingerprint density at radius 1 is 1.41 bits per heavy atom. The van der Waals surface area contributed by atoms with E-state index in [1.165, 1.54) is 14.2 Å². The van der Waals surface area contributed by atoms with Gasteiger partial charge in [-0.2, -0.15) is 0 Å². The molecule has 22 heavy (non-hydrogen) atoms. The van der Waals surface area contributed by atoms with Gasteiger partial charge in [0, 0.05) is 31.1 Å². The Kier molecular flexibility index (Phi) is 4.52. The molecule has 0 bridgehead atoms. The Bertz CT molecular complexity index is 710. The van der Waals surface area contributed by atoms with Crippen LogP contribution in [-0.4, -0.2) is 49.1 Å². The van der Waals surface area contributed by atoms with Crippen LogP contribution in [0.2, 0.25) is 0 Å². The third kappa shape index (κ3) is 2.96. The molecule has 0 spiro atoms. The van der Waals surface area contributed by atoms with Crippen molar-refractivity contribution in [2.45, 2.75) is 0 Å². The van der Waals surface area contributed by atoms with Crippen molar-refractivity contribution in [3.8, 4) is 11.5 Å². The Morgan fingerprint density at radius 3 is 2.73 bits per heavy atom. The molecule has 1 aromatic carbocycles. The zero-order chi connectivity index (χ0) is 16.3. The van der Waals surface area contributed by atoms with Crippen molar-refractivity contribution < 1.29 is 14.3 Å². The lowest BCUT2D eigenvalue weighted by molar-refractivity contribution is 0.0864. The Balaban J connectivity index is 2.44. The number of carbonyl (C=O) groups is 1. The molecule has 2 aromatic rings. The summed E-state index contributed by atoms with van der Waals surface area (Å²) in [7, 11) is 2.97. The minimum absolute atomic E-state index is 0.307. The third-order valence-electron chi connectivity index (χ3n) is 3.18. The van der Waals surface area contributed by atoms with E-state index in [9.17, 15) is 4.79 Å². The molecular formula is C14H19N5O3. The number of fused-ring (bicyclic) bond motifs is 1. The van der Waals surface area contributed by atoms with Crippen LogP contribution in [0.1, 0.15) is 10.5 Å². The number of H-pyrrole nitrogens is 1. The molecule has 0 saturated carbocycles. The standard InChI is InChI=1S/C14H19N5O3/c1-19(14(16)17)13(20)11-7-9-10(18-11)5-8(22-4-3-15)6-12(9)21-2/h5-7,18H,3-4,15H2,1-2H3,(H3,16,17). The van der Waals surface area contributed by atoms with E-state index in [2.05, 4.69) is 4.98 Å². The van der Waals surface area contributed by atoms with Crippen molar-refractivity contribution in [1.29, 1.82) is 5.41 Å². The van der Waals surface area contributed by atoms with Crippen LogP contribution in [0, 0.1) is 5.41 Å². The average Bonchev–Trinajstić information content (AvgIpc) is 2.94. The number of aromatic nitrogens is 1. The first-order valence-electron chi connectivity index (χ1n) is 6.63. The van der Waals surface area contributed by atoms with Gasteiger partial charge in [0.05, 0.1) is 12.6 Å². The van der Waals surface area contributed by atoms with Crippen molar-refractivity contribution in [3.63, 3.8) is 0 Å². The summed E-state index contributed by atoms with van der Waals surface area (Å²) in [6.07, 6.45) is 0. The quantitative estimate of drug-likeness (QED) is 0.471. The topological polar surface area (TPSA) is 130 Å². The molecule has 0 aliphatic rings. The highest BCUT2D eigenvalue weighted by Gasteiger charge is 2.18. The van der Waals surface area contributed by atoms with Crippen LogP contribution in [0.3, 0.4) is 0 Å². The highest BCUT2D eigenvalue weighted by molar-refractivity contribution is 6.06. The number of hydrogen-bond donors (Lipinski definition) is 4. The van der Waals surface area contributed by atoms with Crippen LogP contribution in [-0.2, 0) is 0 Å². The molecule has 118 valence electrons. The van der Waals surface area contributed by atoms with E-state index in [-0.39, 0.29) is 5.96 Å². The summed E-state index contributed by atoms with van der Waals surface area (Å²) >= 11 is 0. The number of ether oxygens (including phenoxy) is 2. The predicted molar refractivity (Wildman–Crippen MR) is 83.4 cm³/mol. The van der Waals surface area contributed by atoms with Gasteiger partial charge in [0.2, 0.25) is 0 Å². The lowest BCUT2D eigenvalue weighted by atomic mass is 10.2. The first kappa shape index (κ1) is 15.6. The normalized spacial score (nSPS) is 10.5. The summed E-state index contributed by atoms with van der Waals surface area (Å²) in [5.74, 6) is 0.429. The highest BCUT2D eigenvalue weighted by atomic mass is 16.5. The Hall–Kier alpha value is -2.74. The number of guanidine groups is 1. The van der Waals surface area contributed by atoms with E-state index in [4.69, 9.17) is 26.4 Å². The van der Waals surface area contributed by atoms with Crippen LogP contribution in [0.4, 0.5) is 0 Å². The number of carbonyl (C=O) groups excluding carboxylic acids is 1. The van der Waals surface area contributed by atoms with E-state index in [0.717, 1.165) is 10.3 Å². The molecule has 0 saturated heterocycles. The number of nitrogens with zero attached hydrogens (tertiary/aromatic N) is 1. The summed E-state index contributed by atoms with van der Waals surface area (Å²) in [5.41, 5.74) is 11.7. The maximum absolute atomic E-state index is 12.2. The van der Waals surface area contributed by atoms with Crippen LogP contribution in [0.25, 0.3) is 10.9 Å².